The Hall–Kier alpha value is -0.0800. The van der Waals surface area contributed by atoms with E-state index < -0.39 is 0 Å². The van der Waals surface area contributed by atoms with Crippen molar-refractivity contribution < 1.29 is 0 Å². The predicted octanol–water partition coefficient (Wildman–Crippen LogP) is 0.300. The van der Waals surface area contributed by atoms with Gasteiger partial charge in [0.1, 0.15) is 0 Å². The van der Waals surface area contributed by atoms with Gasteiger partial charge in [0.2, 0.25) is 0 Å². The van der Waals surface area contributed by atoms with E-state index in [0.717, 1.165) is 12.0 Å². The molecular weight excluding hydrogens is 124 g/mol. The molecule has 2 aliphatic rings. The monoisotopic (exact) mass is 140 g/mol. The molecule has 58 valence electrons. The molecule has 0 aromatic rings. The van der Waals surface area contributed by atoms with Crippen LogP contribution in [0.25, 0.3) is 0 Å². The summed E-state index contributed by atoms with van der Waals surface area (Å²) in [5.74, 6) is 1.01. The van der Waals surface area contributed by atoms with Crippen LogP contribution in [-0.4, -0.2) is 37.6 Å². The summed E-state index contributed by atoms with van der Waals surface area (Å²) in [4.78, 5) is 2.50. The quantitative estimate of drug-likeness (QED) is 0.520. The van der Waals surface area contributed by atoms with Crippen molar-refractivity contribution in [3.8, 4) is 0 Å². The number of likely N-dealkylation sites (tertiary alicyclic amines) is 1. The van der Waals surface area contributed by atoms with E-state index in [4.69, 9.17) is 0 Å². The van der Waals surface area contributed by atoms with E-state index in [2.05, 4.69) is 17.3 Å². The fourth-order valence-corrected chi connectivity index (χ4v) is 2.28. The third-order valence-electron chi connectivity index (χ3n) is 3.01. The fourth-order valence-electron chi connectivity index (χ4n) is 2.28. The van der Waals surface area contributed by atoms with Crippen LogP contribution in [0, 0.1) is 5.92 Å². The molecule has 0 bridgehead atoms. The van der Waals surface area contributed by atoms with Crippen molar-refractivity contribution in [3.05, 3.63) is 0 Å². The number of rotatable bonds is 0. The number of piperidine rings is 1. The number of likely N-dealkylation sites (N-methyl/N-ethyl adjacent to an activating group) is 1. The molecule has 2 aliphatic heterocycles. The van der Waals surface area contributed by atoms with Crippen LogP contribution in [-0.2, 0) is 0 Å². The molecule has 0 unspecified atom stereocenters. The van der Waals surface area contributed by atoms with Crippen LogP contribution < -0.4 is 5.32 Å². The lowest BCUT2D eigenvalue weighted by molar-refractivity contribution is 0.229. The molecule has 0 radical (unpaired) electrons. The highest BCUT2D eigenvalue weighted by Crippen LogP contribution is 2.26. The third-order valence-corrected chi connectivity index (χ3v) is 3.01. The van der Waals surface area contributed by atoms with Crippen molar-refractivity contribution in [2.75, 3.05) is 26.7 Å². The maximum atomic E-state index is 3.44. The van der Waals surface area contributed by atoms with Gasteiger partial charge in [0, 0.05) is 12.6 Å². The molecule has 0 saturated carbocycles. The topological polar surface area (TPSA) is 15.3 Å². The number of fused-ring (bicyclic) bond motifs is 1. The average Bonchev–Trinajstić information content (AvgIpc) is 2.34. The highest BCUT2D eigenvalue weighted by atomic mass is 15.2. The second-order valence-electron chi connectivity index (χ2n) is 3.59. The van der Waals surface area contributed by atoms with Gasteiger partial charge in [0.25, 0.3) is 0 Å². The molecule has 1 N–H and O–H groups in total. The Bertz CT molecular complexity index is 122. The number of nitrogens with one attached hydrogen (secondary N) is 1. The molecule has 2 nitrogen and oxygen atoms in total. The van der Waals surface area contributed by atoms with E-state index in [1.54, 1.807) is 0 Å². The van der Waals surface area contributed by atoms with Gasteiger partial charge in [0.15, 0.2) is 0 Å². The van der Waals surface area contributed by atoms with Gasteiger partial charge >= 0.3 is 0 Å². The highest BCUT2D eigenvalue weighted by Gasteiger charge is 2.32. The molecule has 2 heterocycles. The van der Waals surface area contributed by atoms with E-state index in [1.165, 1.54) is 32.5 Å². The largest absolute Gasteiger partial charge is 0.315 e. The molecule has 0 aromatic heterocycles. The first-order valence-electron chi connectivity index (χ1n) is 4.29. The van der Waals surface area contributed by atoms with Crippen LogP contribution in [0.5, 0.6) is 0 Å². The Balaban J connectivity index is 2.01. The van der Waals surface area contributed by atoms with Crippen LogP contribution in [0.3, 0.4) is 0 Å². The Morgan fingerprint density at radius 2 is 2.30 bits per heavy atom. The van der Waals surface area contributed by atoms with Crippen LogP contribution in [0.15, 0.2) is 0 Å². The average molecular weight is 140 g/mol. The molecule has 2 atom stereocenters. The zero-order valence-electron chi connectivity index (χ0n) is 6.64. The van der Waals surface area contributed by atoms with Gasteiger partial charge in [-0.1, -0.05) is 0 Å². The molecule has 0 aromatic carbocycles. The SMILES string of the molecule is CN1CC[C@@H]2CCNC[C@H]21. The van der Waals surface area contributed by atoms with E-state index in [-0.39, 0.29) is 0 Å². The summed E-state index contributed by atoms with van der Waals surface area (Å²) in [6, 6.07) is 0.855. The van der Waals surface area contributed by atoms with Gasteiger partial charge in [-0.3, -0.25) is 0 Å². The summed E-state index contributed by atoms with van der Waals surface area (Å²) < 4.78 is 0. The van der Waals surface area contributed by atoms with Crippen molar-refractivity contribution in [1.82, 2.24) is 10.2 Å². The van der Waals surface area contributed by atoms with Gasteiger partial charge in [-0.2, -0.15) is 0 Å². The molecular formula is C8H16N2. The third kappa shape index (κ3) is 0.956. The van der Waals surface area contributed by atoms with Gasteiger partial charge in [-0.15, -0.1) is 0 Å². The summed E-state index contributed by atoms with van der Waals surface area (Å²) in [7, 11) is 2.25. The normalized spacial score (nSPS) is 41.7. The zero-order valence-corrected chi connectivity index (χ0v) is 6.64. The maximum absolute atomic E-state index is 3.44. The van der Waals surface area contributed by atoms with Crippen LogP contribution in [0.1, 0.15) is 12.8 Å². The van der Waals surface area contributed by atoms with Gasteiger partial charge in [-0.25, -0.2) is 0 Å². The zero-order chi connectivity index (χ0) is 6.97. The predicted molar refractivity (Wildman–Crippen MR) is 42.0 cm³/mol. The second kappa shape index (κ2) is 2.51. The second-order valence-corrected chi connectivity index (χ2v) is 3.59. The molecule has 2 rings (SSSR count). The highest BCUT2D eigenvalue weighted by molar-refractivity contribution is 4.89. The minimum atomic E-state index is 0.855. The van der Waals surface area contributed by atoms with Crippen molar-refractivity contribution >= 4 is 0 Å². The van der Waals surface area contributed by atoms with Crippen molar-refractivity contribution in [1.29, 1.82) is 0 Å². The van der Waals surface area contributed by atoms with E-state index in [9.17, 15) is 0 Å². The smallest absolute Gasteiger partial charge is 0.0246 e. The van der Waals surface area contributed by atoms with E-state index in [1.807, 2.05) is 0 Å². The lowest BCUT2D eigenvalue weighted by Gasteiger charge is -2.29. The summed E-state index contributed by atoms with van der Waals surface area (Å²) in [6.45, 7) is 3.78. The lowest BCUT2D eigenvalue weighted by Crippen LogP contribution is -2.44. The minimum Gasteiger partial charge on any atom is -0.315 e. The van der Waals surface area contributed by atoms with E-state index in [0.29, 0.717) is 0 Å². The van der Waals surface area contributed by atoms with Gasteiger partial charge in [0.05, 0.1) is 0 Å². The van der Waals surface area contributed by atoms with Crippen LogP contribution >= 0.6 is 0 Å². The first-order chi connectivity index (χ1) is 4.88. The summed E-state index contributed by atoms with van der Waals surface area (Å²) in [6.07, 6.45) is 2.83. The maximum Gasteiger partial charge on any atom is 0.0246 e. The molecule has 2 saturated heterocycles. The summed E-state index contributed by atoms with van der Waals surface area (Å²) >= 11 is 0. The molecule has 10 heavy (non-hydrogen) atoms. The van der Waals surface area contributed by atoms with Gasteiger partial charge < -0.3 is 10.2 Å². The molecule has 0 spiro atoms. The molecule has 0 amide bonds. The van der Waals surface area contributed by atoms with Crippen LogP contribution in [0.4, 0.5) is 0 Å². The Morgan fingerprint density at radius 1 is 1.40 bits per heavy atom. The molecule has 2 fully saturated rings. The Labute approximate surface area is 62.6 Å². The number of nitrogens with zero attached hydrogens (tertiary/aromatic N) is 1. The van der Waals surface area contributed by atoms with Crippen LogP contribution in [0.2, 0.25) is 0 Å². The Morgan fingerprint density at radius 3 is 3.10 bits per heavy atom. The summed E-state index contributed by atoms with van der Waals surface area (Å²) in [5.41, 5.74) is 0. The standard InChI is InChI=1S/C8H16N2/c1-10-5-3-7-2-4-9-6-8(7)10/h7-9H,2-6H2,1H3/t7-,8+/m0/s1. The fraction of sp³-hybridized carbons (Fsp3) is 1.00. The minimum absolute atomic E-state index is 0.855. The number of hydrogen-bond acceptors (Lipinski definition) is 2. The van der Waals surface area contributed by atoms with Crippen molar-refractivity contribution in [3.63, 3.8) is 0 Å². The van der Waals surface area contributed by atoms with Crippen molar-refractivity contribution in [2.45, 2.75) is 18.9 Å². The number of hydrogen-bond donors (Lipinski definition) is 1. The molecule has 0 aliphatic carbocycles. The Kier molecular flexibility index (Phi) is 1.66. The first kappa shape index (κ1) is 6.62. The van der Waals surface area contributed by atoms with Crippen molar-refractivity contribution in [2.24, 2.45) is 5.92 Å². The van der Waals surface area contributed by atoms with E-state index >= 15 is 0 Å². The van der Waals surface area contributed by atoms with Gasteiger partial charge in [-0.05, 0) is 38.9 Å². The first-order valence-corrected chi connectivity index (χ1v) is 4.29. The lowest BCUT2D eigenvalue weighted by atomic mass is 9.94. The summed E-state index contributed by atoms with van der Waals surface area (Å²) in [5, 5.41) is 3.44. The molecule has 2 heteroatoms.